The van der Waals surface area contributed by atoms with Crippen molar-refractivity contribution in [3.05, 3.63) is 29.3 Å². The largest absolute Gasteiger partial charge is 0.506 e. The Bertz CT molecular complexity index is 615. The topological polar surface area (TPSA) is 40.8 Å². The van der Waals surface area contributed by atoms with Gasteiger partial charge in [0.1, 0.15) is 11.6 Å². The van der Waals surface area contributed by atoms with E-state index in [9.17, 15) is 5.11 Å². The van der Waals surface area contributed by atoms with E-state index < -0.39 is 0 Å². The van der Waals surface area contributed by atoms with Crippen molar-refractivity contribution in [2.45, 2.75) is 38.6 Å². The predicted molar refractivity (Wildman–Crippen MR) is 80.6 cm³/mol. The van der Waals surface area contributed by atoms with Gasteiger partial charge in [-0.1, -0.05) is 11.6 Å². The molecule has 0 atom stereocenters. The lowest BCUT2D eigenvalue weighted by atomic mass is 9.95. The third kappa shape index (κ3) is 2.38. The molecule has 5 heteroatoms. The molecule has 20 heavy (non-hydrogen) atoms. The Labute approximate surface area is 124 Å². The number of likely N-dealkylation sites (tertiary alicyclic amines) is 1. The molecule has 0 bridgehead atoms. The molecule has 108 valence electrons. The minimum Gasteiger partial charge on any atom is -0.506 e. The summed E-state index contributed by atoms with van der Waals surface area (Å²) in [5.74, 6) is 1.63. The van der Waals surface area contributed by atoms with Crippen LogP contribution in [0.4, 0.5) is 0 Å². The quantitative estimate of drug-likeness (QED) is 0.924. The summed E-state index contributed by atoms with van der Waals surface area (Å²) < 4.78 is 1.94. The van der Waals surface area contributed by atoms with E-state index in [1.165, 1.54) is 0 Å². The molecule has 0 amide bonds. The second-order valence-corrected chi connectivity index (χ2v) is 6.17. The van der Waals surface area contributed by atoms with Gasteiger partial charge < -0.3 is 10.0 Å². The van der Waals surface area contributed by atoms with Crippen molar-refractivity contribution < 1.29 is 5.11 Å². The average Bonchev–Trinajstić information content (AvgIpc) is 2.75. The fourth-order valence-electron chi connectivity index (χ4n) is 3.02. The van der Waals surface area contributed by atoms with Crippen LogP contribution >= 0.6 is 11.6 Å². The predicted octanol–water partition coefficient (Wildman–Crippen LogP) is 3.28. The number of imidazole rings is 1. The zero-order chi connectivity index (χ0) is 14.3. The van der Waals surface area contributed by atoms with Crippen LogP contribution in [0.3, 0.4) is 0 Å². The van der Waals surface area contributed by atoms with E-state index in [-0.39, 0.29) is 5.75 Å². The van der Waals surface area contributed by atoms with Gasteiger partial charge in [0.2, 0.25) is 0 Å². The molecule has 1 aliphatic heterocycles. The maximum absolute atomic E-state index is 9.68. The van der Waals surface area contributed by atoms with Crippen LogP contribution < -0.4 is 0 Å². The number of fused-ring (bicyclic) bond motifs is 1. The van der Waals surface area contributed by atoms with Gasteiger partial charge in [-0.3, -0.25) is 4.40 Å². The fourth-order valence-corrected chi connectivity index (χ4v) is 3.26. The van der Waals surface area contributed by atoms with Crippen LogP contribution in [-0.4, -0.2) is 38.5 Å². The highest BCUT2D eigenvalue weighted by molar-refractivity contribution is 6.32. The van der Waals surface area contributed by atoms with Crippen molar-refractivity contribution in [1.29, 1.82) is 0 Å². The third-order valence-electron chi connectivity index (χ3n) is 4.23. The minimum absolute atomic E-state index is 0.243. The first-order valence-electron chi connectivity index (χ1n) is 7.17. The van der Waals surface area contributed by atoms with Crippen molar-refractivity contribution in [2.75, 3.05) is 13.1 Å². The molecular formula is C15H20ClN3O. The lowest BCUT2D eigenvalue weighted by Crippen LogP contribution is -2.38. The molecule has 1 saturated heterocycles. The Kier molecular flexibility index (Phi) is 3.61. The molecule has 3 rings (SSSR count). The number of aromatic nitrogens is 2. The molecule has 0 unspecified atom stereocenters. The summed E-state index contributed by atoms with van der Waals surface area (Å²) in [6.07, 6.45) is 3.88. The number of pyridine rings is 1. The maximum Gasteiger partial charge on any atom is 0.155 e. The zero-order valence-corrected chi connectivity index (χ0v) is 12.6. The Hall–Kier alpha value is -1.26. The van der Waals surface area contributed by atoms with E-state index in [0.29, 0.717) is 17.1 Å². The lowest BCUT2D eigenvalue weighted by Gasteiger charge is -2.34. The smallest absolute Gasteiger partial charge is 0.155 e. The van der Waals surface area contributed by atoms with Gasteiger partial charge in [-0.05, 0) is 51.9 Å². The first-order valence-corrected chi connectivity index (χ1v) is 7.54. The average molecular weight is 294 g/mol. The van der Waals surface area contributed by atoms with Crippen LogP contribution in [0.2, 0.25) is 5.15 Å². The van der Waals surface area contributed by atoms with Gasteiger partial charge in [-0.2, -0.15) is 0 Å². The summed E-state index contributed by atoms with van der Waals surface area (Å²) in [4.78, 5) is 7.01. The summed E-state index contributed by atoms with van der Waals surface area (Å²) >= 11 is 6.20. The zero-order valence-electron chi connectivity index (χ0n) is 11.9. The summed E-state index contributed by atoms with van der Waals surface area (Å²) in [6, 6.07) is 4.06. The number of piperidine rings is 1. The molecule has 2 aromatic rings. The number of nitrogens with zero attached hydrogens (tertiary/aromatic N) is 3. The Morgan fingerprint density at radius 1 is 1.30 bits per heavy atom. The molecule has 0 spiro atoms. The number of halogens is 1. The van der Waals surface area contributed by atoms with Gasteiger partial charge in [0, 0.05) is 12.0 Å². The monoisotopic (exact) mass is 293 g/mol. The Morgan fingerprint density at radius 2 is 2.00 bits per heavy atom. The SMILES string of the molecule is CC(C)N1CCC(c2nc(Cl)c3ccc(O)cn23)CC1. The van der Waals surface area contributed by atoms with Crippen molar-refractivity contribution >= 4 is 17.1 Å². The van der Waals surface area contributed by atoms with E-state index in [1.807, 2.05) is 10.5 Å². The third-order valence-corrected chi connectivity index (χ3v) is 4.51. The van der Waals surface area contributed by atoms with Gasteiger partial charge >= 0.3 is 0 Å². The van der Waals surface area contributed by atoms with E-state index >= 15 is 0 Å². The van der Waals surface area contributed by atoms with Gasteiger partial charge in [0.05, 0.1) is 11.7 Å². The molecule has 0 saturated carbocycles. The van der Waals surface area contributed by atoms with Gasteiger partial charge in [0.15, 0.2) is 5.15 Å². The van der Waals surface area contributed by atoms with Crippen molar-refractivity contribution in [3.63, 3.8) is 0 Å². The Morgan fingerprint density at radius 3 is 2.65 bits per heavy atom. The van der Waals surface area contributed by atoms with Crippen molar-refractivity contribution in [1.82, 2.24) is 14.3 Å². The first kappa shape index (κ1) is 13.7. The molecule has 1 aliphatic rings. The highest BCUT2D eigenvalue weighted by Crippen LogP contribution is 2.32. The summed E-state index contributed by atoms with van der Waals surface area (Å²) in [5, 5.41) is 10.2. The molecule has 0 radical (unpaired) electrons. The molecule has 1 fully saturated rings. The fraction of sp³-hybridized carbons (Fsp3) is 0.533. The highest BCUT2D eigenvalue weighted by atomic mass is 35.5. The van der Waals surface area contributed by atoms with Crippen LogP contribution in [0.15, 0.2) is 18.3 Å². The van der Waals surface area contributed by atoms with Crippen LogP contribution in [0.1, 0.15) is 38.4 Å². The number of rotatable bonds is 2. The van der Waals surface area contributed by atoms with Crippen LogP contribution in [-0.2, 0) is 0 Å². The Balaban J connectivity index is 1.90. The van der Waals surface area contributed by atoms with E-state index in [0.717, 1.165) is 37.3 Å². The molecule has 0 aliphatic carbocycles. The van der Waals surface area contributed by atoms with E-state index in [2.05, 4.69) is 23.7 Å². The first-order chi connectivity index (χ1) is 9.56. The molecule has 4 nitrogen and oxygen atoms in total. The molecule has 1 N–H and O–H groups in total. The second kappa shape index (κ2) is 5.26. The highest BCUT2D eigenvalue weighted by Gasteiger charge is 2.26. The normalized spacial score (nSPS) is 18.2. The van der Waals surface area contributed by atoms with Crippen LogP contribution in [0, 0.1) is 0 Å². The molecule has 2 aromatic heterocycles. The summed E-state index contributed by atoms with van der Waals surface area (Å²) in [7, 11) is 0. The summed E-state index contributed by atoms with van der Waals surface area (Å²) in [5.41, 5.74) is 0.866. The van der Waals surface area contributed by atoms with Gasteiger partial charge in [0.25, 0.3) is 0 Å². The minimum atomic E-state index is 0.243. The molecular weight excluding hydrogens is 274 g/mol. The number of aromatic hydroxyl groups is 1. The van der Waals surface area contributed by atoms with Crippen molar-refractivity contribution in [3.8, 4) is 5.75 Å². The second-order valence-electron chi connectivity index (χ2n) is 5.81. The van der Waals surface area contributed by atoms with E-state index in [1.54, 1.807) is 12.3 Å². The van der Waals surface area contributed by atoms with Gasteiger partial charge in [-0.25, -0.2) is 4.98 Å². The van der Waals surface area contributed by atoms with E-state index in [4.69, 9.17) is 11.6 Å². The maximum atomic E-state index is 9.68. The van der Waals surface area contributed by atoms with Gasteiger partial charge in [-0.15, -0.1) is 0 Å². The van der Waals surface area contributed by atoms with Crippen molar-refractivity contribution in [2.24, 2.45) is 0 Å². The number of hydrogen-bond donors (Lipinski definition) is 1. The number of hydrogen-bond acceptors (Lipinski definition) is 3. The van der Waals surface area contributed by atoms with Crippen LogP contribution in [0.5, 0.6) is 5.75 Å². The standard InChI is InChI=1S/C15H20ClN3O/c1-10(2)18-7-5-11(6-8-18)15-17-14(16)13-4-3-12(20)9-19(13)15/h3-4,9-11,20H,5-8H2,1-2H3. The van der Waals surface area contributed by atoms with Crippen LogP contribution in [0.25, 0.3) is 5.52 Å². The summed E-state index contributed by atoms with van der Waals surface area (Å²) in [6.45, 7) is 6.65. The molecule has 0 aromatic carbocycles. The lowest BCUT2D eigenvalue weighted by molar-refractivity contribution is 0.169. The molecule has 3 heterocycles.